The summed E-state index contributed by atoms with van der Waals surface area (Å²) in [6.45, 7) is 0. The average molecular weight is 757 g/mol. The Balaban J connectivity index is 0.937. The third-order valence-corrected chi connectivity index (χ3v) is 13.3. The van der Waals surface area contributed by atoms with E-state index in [1.165, 1.54) is 86.0 Å². The molecule has 0 N–H and O–H groups in total. The van der Waals surface area contributed by atoms with E-state index in [1.807, 2.05) is 11.3 Å². The molecule has 58 heavy (non-hydrogen) atoms. The molecule has 0 atom stereocenters. The molecule has 0 bridgehead atoms. The number of benzene rings is 9. The van der Waals surface area contributed by atoms with E-state index in [9.17, 15) is 0 Å². The minimum Gasteiger partial charge on any atom is -0.454 e. The number of thiophene rings is 1. The van der Waals surface area contributed by atoms with Crippen molar-refractivity contribution in [3.63, 3.8) is 0 Å². The second-order valence-electron chi connectivity index (χ2n) is 15.3. The van der Waals surface area contributed by atoms with E-state index in [0.29, 0.717) is 0 Å². The quantitative estimate of drug-likeness (QED) is 0.175. The van der Waals surface area contributed by atoms with Crippen LogP contribution in [0.5, 0.6) is 0 Å². The molecule has 0 aliphatic heterocycles. The van der Waals surface area contributed by atoms with Gasteiger partial charge >= 0.3 is 0 Å². The van der Waals surface area contributed by atoms with Crippen LogP contribution in [0.25, 0.3) is 119 Å². The summed E-state index contributed by atoms with van der Waals surface area (Å²) in [6.07, 6.45) is 0. The molecule has 270 valence electrons. The summed E-state index contributed by atoms with van der Waals surface area (Å²) in [7, 11) is 0. The van der Waals surface area contributed by atoms with Crippen LogP contribution in [0.3, 0.4) is 0 Å². The zero-order valence-corrected chi connectivity index (χ0v) is 32.0. The van der Waals surface area contributed by atoms with Crippen LogP contribution in [0, 0.1) is 0 Å². The molecule has 13 rings (SSSR count). The van der Waals surface area contributed by atoms with Gasteiger partial charge in [0.1, 0.15) is 5.58 Å². The van der Waals surface area contributed by atoms with Crippen LogP contribution in [-0.2, 0) is 0 Å². The Hall–Kier alpha value is -7.40. The number of hydrogen-bond acceptors (Lipinski definition) is 2. The van der Waals surface area contributed by atoms with Crippen LogP contribution in [0.2, 0.25) is 0 Å². The topological polar surface area (TPSA) is 23.0 Å². The zero-order valence-electron chi connectivity index (χ0n) is 31.2. The fourth-order valence-corrected chi connectivity index (χ4v) is 10.6. The molecule has 0 unspecified atom stereocenters. The maximum Gasteiger partial charge on any atom is 0.153 e. The lowest BCUT2D eigenvalue weighted by molar-refractivity contribution is 0.673. The Morgan fingerprint density at radius 1 is 0.328 bits per heavy atom. The third kappa shape index (κ3) is 4.55. The molecule has 0 amide bonds. The standard InChI is InChI=1S/C54H32N2OS/c1-2-10-33(11-3-1)34-18-22-37(23-19-34)55-47-15-7-4-12-39(47)45-30-35(20-28-49(45)55)36-21-29-50-46(31-36)40-13-5-8-16-48(40)56(50)38-24-25-41-43-26-27-44-42-14-6-9-17-52(42)58-54(44)53(43)57-51(41)32-38/h1-32H. The molecular weight excluding hydrogens is 725 g/mol. The summed E-state index contributed by atoms with van der Waals surface area (Å²) in [4.78, 5) is 0. The van der Waals surface area contributed by atoms with E-state index in [1.54, 1.807) is 0 Å². The summed E-state index contributed by atoms with van der Waals surface area (Å²) in [6, 6.07) is 70.7. The first-order valence-electron chi connectivity index (χ1n) is 19.7. The normalized spacial score (nSPS) is 12.1. The van der Waals surface area contributed by atoms with Crippen molar-refractivity contribution in [2.45, 2.75) is 0 Å². The van der Waals surface area contributed by atoms with Gasteiger partial charge in [0.2, 0.25) is 0 Å². The average Bonchev–Trinajstić information content (AvgIpc) is 4.04. The van der Waals surface area contributed by atoms with Crippen LogP contribution < -0.4 is 0 Å². The predicted octanol–water partition coefficient (Wildman–Crippen LogP) is 15.5. The van der Waals surface area contributed by atoms with E-state index >= 15 is 0 Å². The molecule has 0 saturated heterocycles. The van der Waals surface area contributed by atoms with Crippen molar-refractivity contribution in [1.82, 2.24) is 9.13 Å². The molecule has 0 saturated carbocycles. The maximum atomic E-state index is 6.75. The van der Waals surface area contributed by atoms with Crippen molar-refractivity contribution < 1.29 is 4.42 Å². The highest BCUT2D eigenvalue weighted by molar-refractivity contribution is 7.26. The van der Waals surface area contributed by atoms with Gasteiger partial charge in [0, 0.05) is 65.2 Å². The first kappa shape index (κ1) is 31.8. The number of para-hydroxylation sites is 2. The van der Waals surface area contributed by atoms with Crippen LogP contribution in [0.15, 0.2) is 199 Å². The van der Waals surface area contributed by atoms with Crippen LogP contribution in [0.4, 0.5) is 0 Å². The molecule has 0 aliphatic rings. The van der Waals surface area contributed by atoms with E-state index in [-0.39, 0.29) is 0 Å². The van der Waals surface area contributed by atoms with E-state index in [0.717, 1.165) is 33.3 Å². The smallest absolute Gasteiger partial charge is 0.153 e. The summed E-state index contributed by atoms with van der Waals surface area (Å²) < 4.78 is 14.0. The molecule has 9 aromatic carbocycles. The summed E-state index contributed by atoms with van der Waals surface area (Å²) >= 11 is 1.81. The molecule has 0 fully saturated rings. The van der Waals surface area contributed by atoms with Crippen molar-refractivity contribution in [2.75, 3.05) is 0 Å². The molecule has 4 heteroatoms. The lowest BCUT2D eigenvalue weighted by Gasteiger charge is -2.10. The van der Waals surface area contributed by atoms with Gasteiger partial charge in [0.15, 0.2) is 5.58 Å². The Morgan fingerprint density at radius 3 is 1.55 bits per heavy atom. The third-order valence-electron chi connectivity index (χ3n) is 12.1. The van der Waals surface area contributed by atoms with E-state index in [4.69, 9.17) is 4.42 Å². The molecule has 0 aliphatic carbocycles. The van der Waals surface area contributed by atoms with E-state index < -0.39 is 0 Å². The van der Waals surface area contributed by atoms with Gasteiger partial charge < -0.3 is 13.6 Å². The molecule has 13 aromatic rings. The molecule has 0 spiro atoms. The number of fused-ring (bicyclic) bond motifs is 13. The first-order chi connectivity index (χ1) is 28.7. The zero-order chi connectivity index (χ0) is 37.9. The van der Waals surface area contributed by atoms with Crippen LogP contribution in [-0.4, -0.2) is 9.13 Å². The van der Waals surface area contributed by atoms with Gasteiger partial charge in [-0.2, -0.15) is 0 Å². The van der Waals surface area contributed by atoms with Crippen molar-refractivity contribution in [3.8, 4) is 33.6 Å². The number of aromatic nitrogens is 2. The minimum absolute atomic E-state index is 0.902. The lowest BCUT2D eigenvalue weighted by Crippen LogP contribution is -1.94. The summed E-state index contributed by atoms with van der Waals surface area (Å²) in [5, 5.41) is 9.79. The minimum atomic E-state index is 0.902. The highest BCUT2D eigenvalue weighted by Gasteiger charge is 2.19. The van der Waals surface area contributed by atoms with Crippen LogP contribution >= 0.6 is 11.3 Å². The SMILES string of the molecule is c1ccc(-c2ccc(-n3c4ccccc4c4cc(-c5ccc6c(c5)c5ccccc5n6-c5ccc6c(c5)oc5c6ccc6c7ccccc7sc65)ccc43)cc2)cc1. The summed E-state index contributed by atoms with van der Waals surface area (Å²) in [5.74, 6) is 0. The molecule has 4 aromatic heterocycles. The van der Waals surface area contributed by atoms with Gasteiger partial charge in [-0.25, -0.2) is 0 Å². The maximum absolute atomic E-state index is 6.75. The number of nitrogens with zero attached hydrogens (tertiary/aromatic N) is 2. The van der Waals surface area contributed by atoms with Gasteiger partial charge in [-0.3, -0.25) is 0 Å². The highest BCUT2D eigenvalue weighted by atomic mass is 32.1. The van der Waals surface area contributed by atoms with Gasteiger partial charge in [-0.05, 0) is 95.1 Å². The van der Waals surface area contributed by atoms with Crippen LogP contribution in [0.1, 0.15) is 0 Å². The number of hydrogen-bond donors (Lipinski definition) is 0. The van der Waals surface area contributed by atoms with Crippen molar-refractivity contribution >= 4 is 97.1 Å². The van der Waals surface area contributed by atoms with Gasteiger partial charge in [0.25, 0.3) is 0 Å². The second kappa shape index (κ2) is 12.1. The van der Waals surface area contributed by atoms with Crippen molar-refractivity contribution in [3.05, 3.63) is 194 Å². The molecular formula is C54H32N2OS. The monoisotopic (exact) mass is 756 g/mol. The second-order valence-corrected chi connectivity index (χ2v) is 16.3. The Bertz CT molecular complexity index is 3790. The lowest BCUT2D eigenvalue weighted by atomic mass is 10.0. The predicted molar refractivity (Wildman–Crippen MR) is 246 cm³/mol. The van der Waals surface area contributed by atoms with E-state index in [2.05, 4.69) is 203 Å². The van der Waals surface area contributed by atoms with Crippen molar-refractivity contribution in [2.24, 2.45) is 0 Å². The summed E-state index contributed by atoms with van der Waals surface area (Å²) in [5.41, 5.74) is 13.7. The Labute approximate surface area is 336 Å². The molecule has 4 heterocycles. The Morgan fingerprint density at radius 2 is 0.845 bits per heavy atom. The Kier molecular flexibility index (Phi) is 6.60. The fourth-order valence-electron chi connectivity index (χ4n) is 9.44. The van der Waals surface area contributed by atoms with Gasteiger partial charge in [-0.15, -0.1) is 11.3 Å². The largest absolute Gasteiger partial charge is 0.454 e. The van der Waals surface area contributed by atoms with Gasteiger partial charge in [0.05, 0.1) is 26.8 Å². The number of furan rings is 1. The number of rotatable bonds is 4. The molecule has 0 radical (unpaired) electrons. The highest BCUT2D eigenvalue weighted by Crippen LogP contribution is 2.43. The van der Waals surface area contributed by atoms with Crippen molar-refractivity contribution in [1.29, 1.82) is 0 Å². The van der Waals surface area contributed by atoms with Gasteiger partial charge in [-0.1, -0.05) is 115 Å². The fraction of sp³-hybridized carbons (Fsp3) is 0. The first-order valence-corrected chi connectivity index (χ1v) is 20.6. The molecule has 3 nitrogen and oxygen atoms in total.